The van der Waals surface area contributed by atoms with Crippen molar-refractivity contribution in [3.63, 3.8) is 0 Å². The fourth-order valence-electron chi connectivity index (χ4n) is 2.67. The standard InChI is InChI=1S/C21H17ClN4O3/c1-28-17-6-3-13(4-7-17)20-15(12-24-26-20)9-14(11-23)21(27)25-18-10-16(22)5-8-19(18)29-2/h3-10,12H,1-2H3,(H,24,26)(H,25,27)/b14-9+. The quantitative estimate of drug-likeness (QED) is 0.468. The zero-order valence-electron chi connectivity index (χ0n) is 15.7. The minimum Gasteiger partial charge on any atom is -0.497 e. The summed E-state index contributed by atoms with van der Waals surface area (Å²) in [6.07, 6.45) is 3.01. The SMILES string of the molecule is COc1ccc(-c2[nH]ncc2/C=C(\C#N)C(=O)Nc2cc(Cl)ccc2OC)cc1. The molecule has 1 heterocycles. The number of carbonyl (C=O) groups excluding carboxylic acids is 1. The number of hydrogen-bond acceptors (Lipinski definition) is 5. The van der Waals surface area contributed by atoms with Crippen molar-refractivity contribution in [2.24, 2.45) is 0 Å². The Morgan fingerprint density at radius 1 is 1.21 bits per heavy atom. The van der Waals surface area contributed by atoms with Gasteiger partial charge < -0.3 is 14.8 Å². The maximum atomic E-state index is 12.6. The lowest BCUT2D eigenvalue weighted by molar-refractivity contribution is -0.112. The zero-order valence-corrected chi connectivity index (χ0v) is 16.4. The largest absolute Gasteiger partial charge is 0.497 e. The molecule has 0 fully saturated rings. The van der Waals surface area contributed by atoms with Gasteiger partial charge in [-0.3, -0.25) is 9.89 Å². The van der Waals surface area contributed by atoms with E-state index in [0.29, 0.717) is 27.7 Å². The van der Waals surface area contributed by atoms with Gasteiger partial charge in [0, 0.05) is 16.1 Å². The monoisotopic (exact) mass is 408 g/mol. The first kappa shape index (κ1) is 20.0. The second-order valence-electron chi connectivity index (χ2n) is 5.90. The molecule has 0 saturated carbocycles. The van der Waals surface area contributed by atoms with E-state index in [1.807, 2.05) is 30.3 Å². The van der Waals surface area contributed by atoms with E-state index < -0.39 is 5.91 Å². The third-order valence-electron chi connectivity index (χ3n) is 4.12. The second kappa shape index (κ2) is 8.95. The molecule has 0 bridgehead atoms. The number of anilines is 1. The van der Waals surface area contributed by atoms with Crippen molar-refractivity contribution in [1.29, 1.82) is 5.26 Å². The van der Waals surface area contributed by atoms with Gasteiger partial charge in [-0.05, 0) is 48.5 Å². The summed E-state index contributed by atoms with van der Waals surface area (Å²) in [7, 11) is 3.07. The lowest BCUT2D eigenvalue weighted by Gasteiger charge is -2.10. The highest BCUT2D eigenvalue weighted by atomic mass is 35.5. The first-order valence-corrected chi connectivity index (χ1v) is 8.88. The number of methoxy groups -OCH3 is 2. The molecular formula is C21H17ClN4O3. The number of benzene rings is 2. The molecule has 7 nitrogen and oxygen atoms in total. The Balaban J connectivity index is 1.89. The molecule has 3 rings (SSSR count). The number of amides is 1. The lowest BCUT2D eigenvalue weighted by Crippen LogP contribution is -2.14. The van der Waals surface area contributed by atoms with E-state index in [9.17, 15) is 10.1 Å². The maximum Gasteiger partial charge on any atom is 0.266 e. The number of H-pyrrole nitrogens is 1. The van der Waals surface area contributed by atoms with E-state index in [4.69, 9.17) is 21.1 Å². The molecule has 0 unspecified atom stereocenters. The van der Waals surface area contributed by atoms with Crippen LogP contribution in [-0.4, -0.2) is 30.3 Å². The number of nitriles is 1. The van der Waals surface area contributed by atoms with Gasteiger partial charge in [-0.25, -0.2) is 0 Å². The number of nitrogens with zero attached hydrogens (tertiary/aromatic N) is 2. The summed E-state index contributed by atoms with van der Waals surface area (Å²) in [6, 6.07) is 14.1. The Kier molecular flexibility index (Phi) is 6.17. The van der Waals surface area contributed by atoms with Crippen LogP contribution in [0.15, 0.2) is 54.2 Å². The fourth-order valence-corrected chi connectivity index (χ4v) is 2.84. The highest BCUT2D eigenvalue weighted by Gasteiger charge is 2.15. The van der Waals surface area contributed by atoms with Crippen LogP contribution in [0.2, 0.25) is 5.02 Å². The maximum absolute atomic E-state index is 12.6. The smallest absolute Gasteiger partial charge is 0.266 e. The number of hydrogen-bond donors (Lipinski definition) is 2. The van der Waals surface area contributed by atoms with Gasteiger partial charge in [0.1, 0.15) is 23.1 Å². The number of halogens is 1. The van der Waals surface area contributed by atoms with Gasteiger partial charge in [-0.1, -0.05) is 11.6 Å². The second-order valence-corrected chi connectivity index (χ2v) is 6.33. The van der Waals surface area contributed by atoms with Crippen LogP contribution in [0.1, 0.15) is 5.56 Å². The van der Waals surface area contributed by atoms with Crippen LogP contribution in [0, 0.1) is 11.3 Å². The summed E-state index contributed by atoms with van der Waals surface area (Å²) < 4.78 is 10.4. The molecule has 0 radical (unpaired) electrons. The first-order chi connectivity index (χ1) is 14.0. The molecule has 0 saturated heterocycles. The number of ether oxygens (including phenoxy) is 2. The van der Waals surface area contributed by atoms with Gasteiger partial charge in [0.05, 0.1) is 31.8 Å². The van der Waals surface area contributed by atoms with Crippen LogP contribution < -0.4 is 14.8 Å². The molecule has 2 N–H and O–H groups in total. The van der Waals surface area contributed by atoms with E-state index in [2.05, 4.69) is 15.5 Å². The normalized spacial score (nSPS) is 10.9. The number of aromatic nitrogens is 2. The van der Waals surface area contributed by atoms with Crippen molar-refractivity contribution >= 4 is 29.3 Å². The van der Waals surface area contributed by atoms with Crippen LogP contribution in [-0.2, 0) is 4.79 Å². The van der Waals surface area contributed by atoms with Crippen LogP contribution in [0.4, 0.5) is 5.69 Å². The molecule has 0 atom stereocenters. The van der Waals surface area contributed by atoms with Gasteiger partial charge in [0.25, 0.3) is 5.91 Å². The molecule has 3 aromatic rings. The summed E-state index contributed by atoms with van der Waals surface area (Å²) >= 11 is 5.99. The third kappa shape index (κ3) is 4.57. The van der Waals surface area contributed by atoms with Gasteiger partial charge in [-0.15, -0.1) is 0 Å². The van der Waals surface area contributed by atoms with Crippen molar-refractivity contribution < 1.29 is 14.3 Å². The number of aromatic amines is 1. The number of rotatable bonds is 6. The summed E-state index contributed by atoms with van der Waals surface area (Å²) in [6.45, 7) is 0. The predicted molar refractivity (Wildman–Crippen MR) is 111 cm³/mol. The third-order valence-corrected chi connectivity index (χ3v) is 4.36. The van der Waals surface area contributed by atoms with Crippen molar-refractivity contribution in [1.82, 2.24) is 10.2 Å². The molecule has 0 aliphatic carbocycles. The Labute approximate surface area is 172 Å². The minimum absolute atomic E-state index is 0.0943. The van der Waals surface area contributed by atoms with Gasteiger partial charge in [-0.2, -0.15) is 10.4 Å². The molecule has 0 spiro atoms. The fraction of sp³-hybridized carbons (Fsp3) is 0.0952. The minimum atomic E-state index is -0.588. The average Bonchev–Trinajstić information content (AvgIpc) is 3.20. The molecule has 29 heavy (non-hydrogen) atoms. The summed E-state index contributed by atoms with van der Waals surface area (Å²) in [5.41, 5.74) is 2.38. The van der Waals surface area contributed by atoms with Crippen molar-refractivity contribution in [3.8, 4) is 28.8 Å². The molecule has 1 amide bonds. The van der Waals surface area contributed by atoms with E-state index in [-0.39, 0.29) is 5.57 Å². The van der Waals surface area contributed by atoms with Crippen LogP contribution >= 0.6 is 11.6 Å². The Morgan fingerprint density at radius 3 is 2.62 bits per heavy atom. The van der Waals surface area contributed by atoms with E-state index >= 15 is 0 Å². The van der Waals surface area contributed by atoms with E-state index in [1.54, 1.807) is 31.5 Å². The molecule has 2 aromatic carbocycles. The molecule has 1 aromatic heterocycles. The lowest BCUT2D eigenvalue weighted by atomic mass is 10.1. The summed E-state index contributed by atoms with van der Waals surface area (Å²) in [5.74, 6) is 0.565. The van der Waals surface area contributed by atoms with Gasteiger partial charge >= 0.3 is 0 Å². The topological polar surface area (TPSA) is 100 Å². The van der Waals surface area contributed by atoms with Gasteiger partial charge in [0.15, 0.2) is 0 Å². The number of nitrogens with one attached hydrogen (secondary N) is 2. The molecular weight excluding hydrogens is 392 g/mol. The molecule has 8 heteroatoms. The summed E-state index contributed by atoms with van der Waals surface area (Å²) in [4.78, 5) is 12.6. The Bertz CT molecular complexity index is 1100. The van der Waals surface area contributed by atoms with Crippen molar-refractivity contribution in [2.75, 3.05) is 19.5 Å². The highest BCUT2D eigenvalue weighted by Crippen LogP contribution is 2.29. The predicted octanol–water partition coefficient (Wildman–Crippen LogP) is 4.29. The summed E-state index contributed by atoms with van der Waals surface area (Å²) in [5, 5.41) is 19.5. The van der Waals surface area contributed by atoms with Crippen LogP contribution in [0.3, 0.4) is 0 Å². The van der Waals surface area contributed by atoms with Crippen LogP contribution in [0.25, 0.3) is 17.3 Å². The Hall–Kier alpha value is -3.76. The zero-order chi connectivity index (χ0) is 20.8. The molecule has 0 aliphatic rings. The van der Waals surface area contributed by atoms with E-state index in [1.165, 1.54) is 13.2 Å². The van der Waals surface area contributed by atoms with Gasteiger partial charge in [0.2, 0.25) is 0 Å². The molecule has 146 valence electrons. The number of carbonyl (C=O) groups is 1. The van der Waals surface area contributed by atoms with Crippen molar-refractivity contribution in [3.05, 3.63) is 64.8 Å². The molecule has 0 aliphatic heterocycles. The van der Waals surface area contributed by atoms with Crippen molar-refractivity contribution in [2.45, 2.75) is 0 Å². The Morgan fingerprint density at radius 2 is 1.97 bits per heavy atom. The van der Waals surface area contributed by atoms with E-state index in [0.717, 1.165) is 11.3 Å². The first-order valence-electron chi connectivity index (χ1n) is 8.50. The highest BCUT2D eigenvalue weighted by molar-refractivity contribution is 6.31. The average molecular weight is 409 g/mol. The van der Waals surface area contributed by atoms with Crippen LogP contribution in [0.5, 0.6) is 11.5 Å².